The number of halogens is 1. The summed E-state index contributed by atoms with van der Waals surface area (Å²) < 4.78 is 5.44. The number of carbonyl (C=O) groups excluding carboxylic acids is 1. The molecule has 5 heteroatoms. The van der Waals surface area contributed by atoms with Gasteiger partial charge in [0.05, 0.1) is 12.3 Å². The maximum Gasteiger partial charge on any atom is 0.220 e. The third-order valence-electron chi connectivity index (χ3n) is 3.86. The Bertz CT molecular complexity index is 638. The topological polar surface area (TPSA) is 45.5 Å². The van der Waals surface area contributed by atoms with Crippen molar-refractivity contribution in [3.05, 3.63) is 58.5 Å². The summed E-state index contributed by atoms with van der Waals surface area (Å²) in [6, 6.07) is 9.73. The second-order valence-corrected chi connectivity index (χ2v) is 6.29. The summed E-state index contributed by atoms with van der Waals surface area (Å²) >= 11 is 6.11. The van der Waals surface area contributed by atoms with Crippen LogP contribution in [0.1, 0.15) is 29.3 Å². The molecule has 2 aromatic rings. The SMILES string of the molecule is Cc1ccc(CCC(=O)NCC(c2ccco2)N(C)C)cc1Cl. The van der Waals surface area contributed by atoms with Gasteiger partial charge >= 0.3 is 0 Å². The number of benzene rings is 1. The number of aryl methyl sites for hydroxylation is 2. The Morgan fingerprint density at radius 1 is 1.35 bits per heavy atom. The first kappa shape index (κ1) is 17.6. The number of rotatable bonds is 7. The second-order valence-electron chi connectivity index (χ2n) is 5.88. The van der Waals surface area contributed by atoms with Crippen LogP contribution in [0.4, 0.5) is 0 Å². The van der Waals surface area contributed by atoms with E-state index in [0.29, 0.717) is 19.4 Å². The zero-order valence-corrected chi connectivity index (χ0v) is 14.6. The Kier molecular flexibility index (Phi) is 6.25. The van der Waals surface area contributed by atoms with Crippen LogP contribution in [0, 0.1) is 6.92 Å². The third kappa shape index (κ3) is 5.12. The molecule has 4 nitrogen and oxygen atoms in total. The van der Waals surface area contributed by atoms with Gasteiger partial charge in [0.15, 0.2) is 0 Å². The monoisotopic (exact) mass is 334 g/mol. The molecule has 23 heavy (non-hydrogen) atoms. The summed E-state index contributed by atoms with van der Waals surface area (Å²) in [5, 5.41) is 3.72. The molecule has 1 aromatic carbocycles. The van der Waals surface area contributed by atoms with Gasteiger partial charge in [-0.3, -0.25) is 9.69 Å². The number of nitrogens with zero attached hydrogens (tertiary/aromatic N) is 1. The fourth-order valence-corrected chi connectivity index (χ4v) is 2.57. The Hall–Kier alpha value is -1.78. The van der Waals surface area contributed by atoms with E-state index in [1.165, 1.54) is 0 Å². The molecule has 0 aliphatic carbocycles. The Labute approximate surface area is 142 Å². The average Bonchev–Trinajstić information content (AvgIpc) is 3.02. The lowest BCUT2D eigenvalue weighted by atomic mass is 10.1. The number of likely N-dealkylation sites (N-methyl/N-ethyl adjacent to an activating group) is 1. The number of hydrogen-bond donors (Lipinski definition) is 1. The van der Waals surface area contributed by atoms with Gasteiger partial charge < -0.3 is 9.73 Å². The van der Waals surface area contributed by atoms with Crippen molar-refractivity contribution in [2.75, 3.05) is 20.6 Å². The predicted octanol–water partition coefficient (Wildman–Crippen LogP) is 3.59. The minimum Gasteiger partial charge on any atom is -0.468 e. The van der Waals surface area contributed by atoms with E-state index in [1.807, 2.05) is 56.3 Å². The zero-order valence-electron chi connectivity index (χ0n) is 13.8. The number of carbonyl (C=O) groups is 1. The molecular weight excluding hydrogens is 312 g/mol. The molecule has 1 atom stereocenters. The van der Waals surface area contributed by atoms with E-state index in [0.717, 1.165) is 21.9 Å². The standard InChI is InChI=1S/C18H23ClN2O2/c1-13-6-7-14(11-15(13)19)8-9-18(22)20-12-16(21(2)3)17-5-4-10-23-17/h4-7,10-11,16H,8-9,12H2,1-3H3,(H,20,22). The van der Waals surface area contributed by atoms with Crippen molar-refractivity contribution in [2.45, 2.75) is 25.8 Å². The Morgan fingerprint density at radius 2 is 2.13 bits per heavy atom. The molecule has 1 amide bonds. The molecular formula is C18H23ClN2O2. The summed E-state index contributed by atoms with van der Waals surface area (Å²) in [6.07, 6.45) is 2.77. The Balaban J connectivity index is 1.83. The smallest absolute Gasteiger partial charge is 0.220 e. The molecule has 0 saturated carbocycles. The van der Waals surface area contributed by atoms with Gasteiger partial charge in [-0.1, -0.05) is 23.7 Å². The van der Waals surface area contributed by atoms with E-state index >= 15 is 0 Å². The molecule has 0 aliphatic rings. The van der Waals surface area contributed by atoms with Gasteiger partial charge in [-0.15, -0.1) is 0 Å². The summed E-state index contributed by atoms with van der Waals surface area (Å²) in [7, 11) is 3.93. The quantitative estimate of drug-likeness (QED) is 0.841. The van der Waals surface area contributed by atoms with Crippen molar-refractivity contribution < 1.29 is 9.21 Å². The number of hydrogen-bond acceptors (Lipinski definition) is 3. The van der Waals surface area contributed by atoms with Crippen LogP contribution >= 0.6 is 11.6 Å². The van der Waals surface area contributed by atoms with Crippen molar-refractivity contribution in [2.24, 2.45) is 0 Å². The van der Waals surface area contributed by atoms with Gasteiger partial charge in [0.2, 0.25) is 5.91 Å². The summed E-state index contributed by atoms with van der Waals surface area (Å²) in [5.41, 5.74) is 2.12. The lowest BCUT2D eigenvalue weighted by molar-refractivity contribution is -0.121. The number of amides is 1. The summed E-state index contributed by atoms with van der Waals surface area (Å²) in [4.78, 5) is 14.1. The summed E-state index contributed by atoms with van der Waals surface area (Å²) in [5.74, 6) is 0.876. The van der Waals surface area contributed by atoms with E-state index in [9.17, 15) is 4.79 Å². The van der Waals surface area contributed by atoms with E-state index in [-0.39, 0.29) is 11.9 Å². The lowest BCUT2D eigenvalue weighted by Gasteiger charge is -2.22. The molecule has 1 heterocycles. The van der Waals surface area contributed by atoms with Crippen LogP contribution < -0.4 is 5.32 Å². The molecule has 0 bridgehead atoms. The van der Waals surface area contributed by atoms with Crippen LogP contribution in [0.25, 0.3) is 0 Å². The molecule has 0 aliphatic heterocycles. The van der Waals surface area contributed by atoms with Gasteiger partial charge in [0, 0.05) is 18.0 Å². The highest BCUT2D eigenvalue weighted by atomic mass is 35.5. The van der Waals surface area contributed by atoms with Crippen molar-refractivity contribution in [3.8, 4) is 0 Å². The molecule has 0 fully saturated rings. The summed E-state index contributed by atoms with van der Waals surface area (Å²) in [6.45, 7) is 2.49. The zero-order chi connectivity index (χ0) is 16.8. The van der Waals surface area contributed by atoms with Gasteiger partial charge in [0.25, 0.3) is 0 Å². The minimum atomic E-state index is 0.0279. The molecule has 2 rings (SSSR count). The van der Waals surface area contributed by atoms with Crippen molar-refractivity contribution in [1.82, 2.24) is 10.2 Å². The number of nitrogens with one attached hydrogen (secondary N) is 1. The Morgan fingerprint density at radius 3 is 2.74 bits per heavy atom. The van der Waals surface area contributed by atoms with Crippen molar-refractivity contribution >= 4 is 17.5 Å². The average molecular weight is 335 g/mol. The molecule has 0 spiro atoms. The highest BCUT2D eigenvalue weighted by Gasteiger charge is 2.17. The van der Waals surface area contributed by atoms with Crippen LogP contribution in [-0.4, -0.2) is 31.4 Å². The largest absolute Gasteiger partial charge is 0.468 e. The molecule has 124 valence electrons. The highest BCUT2D eigenvalue weighted by molar-refractivity contribution is 6.31. The van der Waals surface area contributed by atoms with Crippen LogP contribution in [0.2, 0.25) is 5.02 Å². The van der Waals surface area contributed by atoms with Crippen LogP contribution in [0.15, 0.2) is 41.0 Å². The van der Waals surface area contributed by atoms with E-state index in [1.54, 1.807) is 6.26 Å². The van der Waals surface area contributed by atoms with E-state index in [4.69, 9.17) is 16.0 Å². The molecule has 1 aromatic heterocycles. The first-order valence-electron chi connectivity index (χ1n) is 7.69. The van der Waals surface area contributed by atoms with E-state index < -0.39 is 0 Å². The fourth-order valence-electron chi connectivity index (χ4n) is 2.37. The highest BCUT2D eigenvalue weighted by Crippen LogP contribution is 2.19. The third-order valence-corrected chi connectivity index (χ3v) is 4.27. The fraction of sp³-hybridized carbons (Fsp3) is 0.389. The predicted molar refractivity (Wildman–Crippen MR) is 92.7 cm³/mol. The van der Waals surface area contributed by atoms with Crippen LogP contribution in [0.5, 0.6) is 0 Å². The normalized spacial score (nSPS) is 12.4. The van der Waals surface area contributed by atoms with Gasteiger partial charge in [-0.2, -0.15) is 0 Å². The lowest BCUT2D eigenvalue weighted by Crippen LogP contribution is -2.34. The van der Waals surface area contributed by atoms with Crippen LogP contribution in [-0.2, 0) is 11.2 Å². The first-order chi connectivity index (χ1) is 11.0. The van der Waals surface area contributed by atoms with Gasteiger partial charge in [0.1, 0.15) is 5.76 Å². The van der Waals surface area contributed by atoms with Crippen LogP contribution in [0.3, 0.4) is 0 Å². The van der Waals surface area contributed by atoms with Gasteiger partial charge in [-0.05, 0) is 56.8 Å². The van der Waals surface area contributed by atoms with Gasteiger partial charge in [-0.25, -0.2) is 0 Å². The van der Waals surface area contributed by atoms with Crippen molar-refractivity contribution in [3.63, 3.8) is 0 Å². The van der Waals surface area contributed by atoms with Crippen molar-refractivity contribution in [1.29, 1.82) is 0 Å². The second kappa shape index (κ2) is 8.18. The molecule has 0 radical (unpaired) electrons. The maximum atomic E-state index is 12.1. The molecule has 1 unspecified atom stereocenters. The molecule has 0 saturated heterocycles. The molecule has 1 N–H and O–H groups in total. The maximum absolute atomic E-state index is 12.1. The first-order valence-corrected chi connectivity index (χ1v) is 8.06. The minimum absolute atomic E-state index is 0.0279. The number of furan rings is 1. The van der Waals surface area contributed by atoms with E-state index in [2.05, 4.69) is 5.32 Å².